The minimum atomic E-state index is -11.0. The van der Waals surface area contributed by atoms with E-state index in [1.165, 1.54) is 0 Å². The SMILES string of the molecule is OC(F)(F)C(F)(OC(F)(F)C(F)(OC(F)(F)C(O)(F)C(F)(C(F)(F)C(F)(F)F)C(F)(F)C(F)(F)C(F)(F)C(F)(F)C(F)(F)C(F)(F)C(F)(F)C(F)(F)F)C(F)(F)F)C(F)(F)F. The molecule has 0 aliphatic heterocycles. The molecule has 4 nitrogen and oxygen atoms in total. The number of aliphatic hydroxyl groups is 2. The van der Waals surface area contributed by atoms with Crippen molar-refractivity contribution >= 4 is 0 Å². The van der Waals surface area contributed by atoms with Crippen molar-refractivity contribution in [2.75, 3.05) is 0 Å². The van der Waals surface area contributed by atoms with Crippen LogP contribution in [0.4, 0.5) is 167 Å². The molecule has 0 heterocycles. The van der Waals surface area contributed by atoms with Crippen molar-refractivity contribution in [3.05, 3.63) is 0 Å². The molecule has 0 rings (SSSR count). The van der Waals surface area contributed by atoms with Gasteiger partial charge in [-0.05, 0) is 0 Å². The number of halogens is 38. The zero-order valence-electron chi connectivity index (χ0n) is 25.6. The van der Waals surface area contributed by atoms with Crippen molar-refractivity contribution in [3.8, 4) is 0 Å². The number of ether oxygens (including phenoxy) is 2. The third-order valence-electron chi connectivity index (χ3n) is 6.81. The van der Waals surface area contributed by atoms with E-state index in [2.05, 4.69) is 0 Å². The van der Waals surface area contributed by atoms with Crippen molar-refractivity contribution in [3.63, 3.8) is 0 Å². The Labute approximate surface area is 301 Å². The Hall–Kier alpha value is -2.82. The first kappa shape index (κ1) is 58.2. The van der Waals surface area contributed by atoms with Crippen molar-refractivity contribution in [1.82, 2.24) is 0 Å². The highest BCUT2D eigenvalue weighted by atomic mass is 19.5. The van der Waals surface area contributed by atoms with E-state index in [0.717, 1.165) is 4.74 Å². The molecule has 0 aromatic carbocycles. The van der Waals surface area contributed by atoms with Crippen LogP contribution in [0.15, 0.2) is 0 Å². The second-order valence-corrected chi connectivity index (χ2v) is 10.8. The fraction of sp³-hybridized carbons (Fsp3) is 1.00. The zero-order chi connectivity index (χ0) is 50.9. The molecule has 4 atom stereocenters. The summed E-state index contributed by atoms with van der Waals surface area (Å²) in [5.74, 6) is -110. The summed E-state index contributed by atoms with van der Waals surface area (Å²) in [6.45, 7) is 0. The fourth-order valence-corrected chi connectivity index (χ4v) is 3.45. The molecule has 0 bridgehead atoms. The van der Waals surface area contributed by atoms with Crippen LogP contribution in [0.2, 0.25) is 0 Å². The monoisotopic (exact) mass is 1020 g/mol. The van der Waals surface area contributed by atoms with Crippen LogP contribution >= 0.6 is 0 Å². The largest absolute Gasteiger partial charge is 0.460 e. The van der Waals surface area contributed by atoms with Gasteiger partial charge in [0.2, 0.25) is 0 Å². The molecule has 42 heteroatoms. The Balaban J connectivity index is 8.64. The number of rotatable bonds is 16. The molecule has 0 spiro atoms. The summed E-state index contributed by atoms with van der Waals surface area (Å²) in [6.07, 6.45) is -63.0. The third kappa shape index (κ3) is 7.42. The molecule has 0 radical (unpaired) electrons. The lowest BCUT2D eigenvalue weighted by atomic mass is 9.75. The maximum atomic E-state index is 15.1. The topological polar surface area (TPSA) is 58.9 Å². The second-order valence-electron chi connectivity index (χ2n) is 10.8. The molecular weight excluding hydrogens is 1010 g/mol. The van der Waals surface area contributed by atoms with Gasteiger partial charge in [0.15, 0.2) is 0 Å². The Morgan fingerprint density at radius 2 is 0.459 bits per heavy atom. The standard InChI is InChI=1S/C19H2F38O4/c20-1(3(23,24)13(40,41)42,2(21,22)4(25,26)5(27,28)6(29,30)7(31,32)8(33,34)9(35,36)14(43,44)45)10(37,58)18(54,55)61-12(39,16(49,50)51)19(56,57)60-11(38,15(46,47)48)17(52,53)59/h58-59H. The van der Waals surface area contributed by atoms with E-state index < -0.39 is 114 Å². The van der Waals surface area contributed by atoms with Crippen LogP contribution < -0.4 is 0 Å². The first-order valence-corrected chi connectivity index (χ1v) is 12.4. The van der Waals surface area contributed by atoms with Crippen molar-refractivity contribution in [1.29, 1.82) is 0 Å². The van der Waals surface area contributed by atoms with Crippen LogP contribution in [-0.2, 0) is 9.47 Å². The number of hydrogen-bond donors (Lipinski definition) is 2. The molecule has 61 heavy (non-hydrogen) atoms. The molecule has 0 saturated carbocycles. The van der Waals surface area contributed by atoms with Crippen LogP contribution in [0.5, 0.6) is 0 Å². The lowest BCUT2D eigenvalue weighted by Gasteiger charge is -2.50. The highest BCUT2D eigenvalue weighted by Crippen LogP contribution is 2.70. The number of hydrogen-bond acceptors (Lipinski definition) is 4. The first-order chi connectivity index (χ1) is 25.4. The fourth-order valence-electron chi connectivity index (χ4n) is 3.45. The Kier molecular flexibility index (Phi) is 13.4. The van der Waals surface area contributed by atoms with Gasteiger partial charge < -0.3 is 10.2 Å². The lowest BCUT2D eigenvalue weighted by Crippen LogP contribution is -2.84. The summed E-state index contributed by atoms with van der Waals surface area (Å²) >= 11 is 0. The minimum absolute atomic E-state index is 0.525. The van der Waals surface area contributed by atoms with Gasteiger partial charge in [0, 0.05) is 0 Å². The smallest absolute Gasteiger partial charge is 0.352 e. The Morgan fingerprint density at radius 3 is 0.689 bits per heavy atom. The van der Waals surface area contributed by atoms with Crippen molar-refractivity contribution in [2.45, 2.75) is 114 Å². The predicted molar refractivity (Wildman–Crippen MR) is 101 cm³/mol. The average Bonchev–Trinajstić information content (AvgIpc) is 2.96. The van der Waals surface area contributed by atoms with Crippen molar-refractivity contribution in [2.24, 2.45) is 0 Å². The molecule has 0 fully saturated rings. The molecule has 0 aromatic heterocycles. The molecule has 368 valence electrons. The number of alkyl halides is 38. The van der Waals surface area contributed by atoms with Crippen LogP contribution in [-0.4, -0.2) is 124 Å². The normalized spacial score (nSPS) is 20.5. The van der Waals surface area contributed by atoms with Crippen LogP contribution in [0.1, 0.15) is 0 Å². The van der Waals surface area contributed by atoms with Gasteiger partial charge >= 0.3 is 114 Å². The highest BCUT2D eigenvalue weighted by Gasteiger charge is 3.03. The van der Waals surface area contributed by atoms with E-state index >= 15 is 4.39 Å². The van der Waals surface area contributed by atoms with E-state index in [1.807, 2.05) is 0 Å². The third-order valence-corrected chi connectivity index (χ3v) is 6.81. The summed E-state index contributed by atoms with van der Waals surface area (Å²) in [7, 11) is 0. The predicted octanol–water partition coefficient (Wildman–Crippen LogP) is 10.8. The quantitative estimate of drug-likeness (QED) is 0.151. The molecule has 0 aromatic rings. The maximum Gasteiger partial charge on any atom is 0.460 e. The Bertz CT molecular complexity index is 1560. The lowest BCUT2D eigenvalue weighted by molar-refractivity contribution is -0.577. The maximum absolute atomic E-state index is 15.1. The van der Waals surface area contributed by atoms with E-state index in [4.69, 9.17) is 10.2 Å². The van der Waals surface area contributed by atoms with Crippen LogP contribution in [0.25, 0.3) is 0 Å². The van der Waals surface area contributed by atoms with Gasteiger partial charge in [-0.25, -0.2) is 4.39 Å². The van der Waals surface area contributed by atoms with Gasteiger partial charge in [0.1, 0.15) is 0 Å². The van der Waals surface area contributed by atoms with Crippen LogP contribution in [0, 0.1) is 0 Å². The van der Waals surface area contributed by atoms with E-state index in [9.17, 15) is 162 Å². The van der Waals surface area contributed by atoms with Crippen molar-refractivity contribution < 1.29 is 187 Å². The molecule has 0 aliphatic carbocycles. The summed E-state index contributed by atoms with van der Waals surface area (Å²) in [5.41, 5.74) is -11.0. The second kappa shape index (κ2) is 14.1. The first-order valence-electron chi connectivity index (χ1n) is 12.4. The van der Waals surface area contributed by atoms with E-state index in [1.54, 1.807) is 0 Å². The van der Waals surface area contributed by atoms with Gasteiger partial charge in [-0.2, -0.15) is 162 Å². The molecular formula is C19H2F38O4. The van der Waals surface area contributed by atoms with Crippen LogP contribution in [0.3, 0.4) is 0 Å². The van der Waals surface area contributed by atoms with Gasteiger partial charge in [-0.1, -0.05) is 0 Å². The van der Waals surface area contributed by atoms with E-state index in [0.29, 0.717) is 4.74 Å². The van der Waals surface area contributed by atoms with Gasteiger partial charge in [-0.15, -0.1) is 0 Å². The summed E-state index contributed by atoms with van der Waals surface area (Å²) in [4.78, 5) is 0. The molecule has 4 unspecified atom stereocenters. The van der Waals surface area contributed by atoms with E-state index in [-0.39, 0.29) is 0 Å². The zero-order valence-corrected chi connectivity index (χ0v) is 25.6. The van der Waals surface area contributed by atoms with Gasteiger partial charge in [-0.3, -0.25) is 9.47 Å². The molecule has 0 aliphatic rings. The molecule has 2 N–H and O–H groups in total. The van der Waals surface area contributed by atoms with Gasteiger partial charge in [0.25, 0.3) is 0 Å². The summed E-state index contributed by atoms with van der Waals surface area (Å²) in [6, 6.07) is 0. The minimum Gasteiger partial charge on any atom is -0.352 e. The molecule has 0 amide bonds. The summed E-state index contributed by atoms with van der Waals surface area (Å²) in [5, 5.41) is 16.4. The molecule has 0 saturated heterocycles. The van der Waals surface area contributed by atoms with Gasteiger partial charge in [0.05, 0.1) is 0 Å². The summed E-state index contributed by atoms with van der Waals surface area (Å²) < 4.78 is 515. The average molecular weight is 1020 g/mol. The Morgan fingerprint density at radius 1 is 0.230 bits per heavy atom. The highest BCUT2D eigenvalue weighted by molar-refractivity contribution is 5.25.